The normalized spacial score (nSPS) is 12.2. The number of anilines is 2. The van der Waals surface area contributed by atoms with Crippen molar-refractivity contribution < 1.29 is 14.3 Å². The van der Waals surface area contributed by atoms with E-state index in [2.05, 4.69) is 20.6 Å². The zero-order valence-electron chi connectivity index (χ0n) is 18.2. The predicted molar refractivity (Wildman–Crippen MR) is 121 cm³/mol. The van der Waals surface area contributed by atoms with Crippen LogP contribution in [-0.4, -0.2) is 40.7 Å². The largest absolute Gasteiger partial charge is 0.444 e. The molecule has 1 atom stereocenters. The summed E-state index contributed by atoms with van der Waals surface area (Å²) in [5.74, 6) is -0.800. The van der Waals surface area contributed by atoms with Gasteiger partial charge in [-0.2, -0.15) is 0 Å². The number of aryl methyl sites for hydroxylation is 1. The third-order valence-corrected chi connectivity index (χ3v) is 4.65. The van der Waals surface area contributed by atoms with Crippen LogP contribution < -0.4 is 22.1 Å². The van der Waals surface area contributed by atoms with E-state index in [0.29, 0.717) is 13.0 Å². The summed E-state index contributed by atoms with van der Waals surface area (Å²) in [6.45, 7) is 7.95. The second-order valence-corrected chi connectivity index (χ2v) is 8.58. The molecule has 1 aromatic heterocycles. The standard InChI is InChI=1S/C21H29ClN6O3/c1-12-7-5-6-8-14(12)9-13(11-26-20(30)31-21(2,3)4)10-25-19(29)15-17(23)28-18(24)16(22)27-15/h5-8,13H,9-11H2,1-4H3,(H,25,29)(H,26,30)(H4,23,24,28)/t13-/m1/s1. The number of hydrogen-bond donors (Lipinski definition) is 4. The summed E-state index contributed by atoms with van der Waals surface area (Å²) in [5.41, 5.74) is 12.8. The fourth-order valence-electron chi connectivity index (χ4n) is 2.84. The van der Waals surface area contributed by atoms with Gasteiger partial charge in [-0.1, -0.05) is 35.9 Å². The second-order valence-electron chi connectivity index (χ2n) is 8.22. The van der Waals surface area contributed by atoms with Crippen LogP contribution in [0.1, 0.15) is 42.4 Å². The lowest BCUT2D eigenvalue weighted by Gasteiger charge is -2.23. The van der Waals surface area contributed by atoms with E-state index in [0.717, 1.165) is 11.1 Å². The topological polar surface area (TPSA) is 145 Å². The minimum atomic E-state index is -0.603. The van der Waals surface area contributed by atoms with Crippen LogP contribution >= 0.6 is 11.6 Å². The molecule has 10 heteroatoms. The van der Waals surface area contributed by atoms with Gasteiger partial charge < -0.3 is 26.8 Å². The van der Waals surface area contributed by atoms with Crippen LogP contribution in [0.2, 0.25) is 5.15 Å². The molecule has 168 valence electrons. The first-order chi connectivity index (χ1) is 14.5. The Kier molecular flexibility index (Phi) is 8.04. The summed E-state index contributed by atoms with van der Waals surface area (Å²) in [6, 6.07) is 7.94. The summed E-state index contributed by atoms with van der Waals surface area (Å²) >= 11 is 5.86. The van der Waals surface area contributed by atoms with E-state index in [-0.39, 0.29) is 34.9 Å². The molecule has 0 saturated heterocycles. The van der Waals surface area contributed by atoms with E-state index in [1.54, 1.807) is 20.8 Å². The highest BCUT2D eigenvalue weighted by Gasteiger charge is 2.20. The number of nitrogen functional groups attached to an aromatic ring is 2. The number of rotatable bonds is 7. The van der Waals surface area contributed by atoms with Gasteiger partial charge >= 0.3 is 6.09 Å². The zero-order valence-corrected chi connectivity index (χ0v) is 18.9. The monoisotopic (exact) mass is 448 g/mol. The van der Waals surface area contributed by atoms with Crippen molar-refractivity contribution in [3.8, 4) is 0 Å². The zero-order chi connectivity index (χ0) is 23.2. The lowest BCUT2D eigenvalue weighted by Crippen LogP contribution is -2.40. The Hall–Kier alpha value is -3.07. The Morgan fingerprint density at radius 2 is 1.74 bits per heavy atom. The first-order valence-corrected chi connectivity index (χ1v) is 10.2. The van der Waals surface area contributed by atoms with Crippen molar-refractivity contribution in [2.45, 2.75) is 39.7 Å². The van der Waals surface area contributed by atoms with Gasteiger partial charge in [-0.25, -0.2) is 14.8 Å². The average Bonchev–Trinajstić information content (AvgIpc) is 2.66. The molecule has 2 amide bonds. The maximum absolute atomic E-state index is 12.6. The lowest BCUT2D eigenvalue weighted by atomic mass is 9.96. The fraction of sp³-hybridized carbons (Fsp3) is 0.429. The van der Waals surface area contributed by atoms with E-state index in [9.17, 15) is 9.59 Å². The molecule has 0 aliphatic carbocycles. The van der Waals surface area contributed by atoms with E-state index >= 15 is 0 Å². The van der Waals surface area contributed by atoms with Crippen LogP contribution in [0, 0.1) is 12.8 Å². The van der Waals surface area contributed by atoms with Gasteiger partial charge in [0.05, 0.1) is 0 Å². The lowest BCUT2D eigenvalue weighted by molar-refractivity contribution is 0.0519. The molecule has 2 rings (SSSR count). The van der Waals surface area contributed by atoms with Crippen molar-refractivity contribution in [1.29, 1.82) is 0 Å². The van der Waals surface area contributed by atoms with Gasteiger partial charge in [-0.05, 0) is 51.2 Å². The predicted octanol–water partition coefficient (Wildman–Crippen LogP) is 2.72. The molecule has 0 aliphatic rings. The number of ether oxygens (including phenoxy) is 1. The van der Waals surface area contributed by atoms with E-state index in [1.807, 2.05) is 31.2 Å². The quantitative estimate of drug-likeness (QED) is 0.509. The summed E-state index contributed by atoms with van der Waals surface area (Å²) in [6.07, 6.45) is 0.112. The van der Waals surface area contributed by atoms with Gasteiger partial charge in [0.1, 0.15) is 5.60 Å². The number of nitrogens with one attached hydrogen (secondary N) is 2. The summed E-state index contributed by atoms with van der Waals surface area (Å²) < 4.78 is 5.30. The molecule has 9 nitrogen and oxygen atoms in total. The number of hydrogen-bond acceptors (Lipinski definition) is 7. The minimum Gasteiger partial charge on any atom is -0.444 e. The molecule has 31 heavy (non-hydrogen) atoms. The van der Waals surface area contributed by atoms with Gasteiger partial charge in [-0.15, -0.1) is 0 Å². The number of aromatic nitrogens is 2. The first kappa shape index (κ1) is 24.2. The number of nitrogens with two attached hydrogens (primary N) is 2. The highest BCUT2D eigenvalue weighted by molar-refractivity contribution is 6.31. The Bertz CT molecular complexity index is 945. The molecule has 1 heterocycles. The Labute approximate surface area is 186 Å². The highest BCUT2D eigenvalue weighted by Crippen LogP contribution is 2.18. The van der Waals surface area contributed by atoms with E-state index < -0.39 is 17.6 Å². The van der Waals surface area contributed by atoms with Crippen molar-refractivity contribution in [2.75, 3.05) is 24.6 Å². The average molecular weight is 449 g/mol. The smallest absolute Gasteiger partial charge is 0.407 e. The van der Waals surface area contributed by atoms with E-state index in [1.165, 1.54) is 0 Å². The molecule has 0 aliphatic heterocycles. The van der Waals surface area contributed by atoms with Gasteiger partial charge in [0, 0.05) is 13.1 Å². The SMILES string of the molecule is Cc1ccccc1C[C@@H](CNC(=O)OC(C)(C)C)CNC(=O)c1nc(Cl)c(N)nc1N. The molecule has 1 aromatic carbocycles. The molecule has 6 N–H and O–H groups in total. The number of halogens is 1. The van der Waals surface area contributed by atoms with Crippen LogP contribution in [0.3, 0.4) is 0 Å². The number of carbonyl (C=O) groups is 2. The van der Waals surface area contributed by atoms with Gasteiger partial charge in [0.25, 0.3) is 5.91 Å². The molecule has 0 fully saturated rings. The number of nitrogens with zero attached hydrogens (tertiary/aromatic N) is 2. The highest BCUT2D eigenvalue weighted by atomic mass is 35.5. The van der Waals surface area contributed by atoms with Crippen molar-refractivity contribution >= 4 is 35.2 Å². The maximum atomic E-state index is 12.6. The molecule has 0 saturated carbocycles. The van der Waals surface area contributed by atoms with Gasteiger partial charge in [0.2, 0.25) is 0 Å². The third kappa shape index (κ3) is 7.60. The third-order valence-electron chi connectivity index (χ3n) is 4.38. The molecular weight excluding hydrogens is 420 g/mol. The second kappa shape index (κ2) is 10.3. The van der Waals surface area contributed by atoms with Crippen LogP contribution in [0.5, 0.6) is 0 Å². The molecule has 0 unspecified atom stereocenters. The number of benzene rings is 1. The van der Waals surface area contributed by atoms with Crippen LogP contribution in [0.4, 0.5) is 16.4 Å². The molecule has 0 radical (unpaired) electrons. The Balaban J connectivity index is 2.09. The Morgan fingerprint density at radius 3 is 2.39 bits per heavy atom. The van der Waals surface area contributed by atoms with Crippen LogP contribution in [-0.2, 0) is 11.2 Å². The first-order valence-electron chi connectivity index (χ1n) is 9.84. The van der Waals surface area contributed by atoms with Crippen LogP contribution in [0.15, 0.2) is 24.3 Å². The van der Waals surface area contributed by atoms with Crippen molar-refractivity contribution in [3.05, 3.63) is 46.2 Å². The summed E-state index contributed by atoms with van der Waals surface area (Å²) in [4.78, 5) is 32.4. The maximum Gasteiger partial charge on any atom is 0.407 e. The van der Waals surface area contributed by atoms with Gasteiger partial charge in [0.15, 0.2) is 22.5 Å². The molecule has 0 spiro atoms. The van der Waals surface area contributed by atoms with Crippen molar-refractivity contribution in [3.63, 3.8) is 0 Å². The van der Waals surface area contributed by atoms with Crippen molar-refractivity contribution in [2.24, 2.45) is 5.92 Å². The van der Waals surface area contributed by atoms with Crippen LogP contribution in [0.25, 0.3) is 0 Å². The Morgan fingerprint density at radius 1 is 1.10 bits per heavy atom. The van der Waals surface area contributed by atoms with Crippen molar-refractivity contribution in [1.82, 2.24) is 20.6 Å². The minimum absolute atomic E-state index is 0.0466. The number of amides is 2. The number of alkyl carbamates (subject to hydrolysis) is 1. The fourth-order valence-corrected chi connectivity index (χ4v) is 2.96. The molecule has 2 aromatic rings. The summed E-state index contributed by atoms with van der Waals surface area (Å²) in [5, 5.41) is 5.46. The van der Waals surface area contributed by atoms with E-state index in [4.69, 9.17) is 27.8 Å². The molecular formula is C21H29ClN6O3. The molecule has 0 bridgehead atoms. The number of carbonyl (C=O) groups excluding carboxylic acids is 2. The summed E-state index contributed by atoms with van der Waals surface area (Å²) in [7, 11) is 0. The van der Waals surface area contributed by atoms with Gasteiger partial charge in [-0.3, -0.25) is 4.79 Å².